The van der Waals surface area contributed by atoms with Gasteiger partial charge in [-0.1, -0.05) is 66.7 Å². The molecule has 0 spiro atoms. The third-order valence-corrected chi connectivity index (χ3v) is 7.28. The van der Waals surface area contributed by atoms with Gasteiger partial charge in [-0.05, 0) is 76.3 Å². The van der Waals surface area contributed by atoms with Crippen LogP contribution in [0.15, 0.2) is 66.7 Å². The van der Waals surface area contributed by atoms with Crippen LogP contribution in [0.25, 0.3) is 10.8 Å². The van der Waals surface area contributed by atoms with Crippen molar-refractivity contribution in [1.29, 1.82) is 0 Å². The standard InChI is InChI=1S/C34H47N3O5/c1-7-41-31(42-8-2)28-20-18-26(19-21-28)24-36(22-11-12-23-37(33(39)40)34(4,5)6)32(38)35-25(3)29-17-13-15-27-14-9-10-16-30(27)29/h9-10,13-21,25,31H,7-8,11-12,22-24H2,1-6H3,(H,35,38)(H,39,40). The van der Waals surface area contributed by atoms with E-state index in [1.165, 1.54) is 4.90 Å². The Balaban J connectivity index is 1.75. The van der Waals surface area contributed by atoms with Crippen molar-refractivity contribution in [2.75, 3.05) is 26.3 Å². The molecule has 8 heteroatoms. The van der Waals surface area contributed by atoms with Gasteiger partial charge < -0.3 is 29.7 Å². The maximum absolute atomic E-state index is 13.7. The van der Waals surface area contributed by atoms with E-state index in [2.05, 4.69) is 29.6 Å². The van der Waals surface area contributed by atoms with E-state index in [4.69, 9.17) is 9.47 Å². The molecule has 0 aliphatic carbocycles. The molecule has 2 N–H and O–H groups in total. The SMILES string of the molecule is CCOC(OCC)c1ccc(CN(CCCCN(C(=O)O)C(C)(C)C)C(=O)NC(C)c2cccc3ccccc23)cc1. The predicted octanol–water partition coefficient (Wildman–Crippen LogP) is 7.74. The monoisotopic (exact) mass is 577 g/mol. The summed E-state index contributed by atoms with van der Waals surface area (Å²) in [5.41, 5.74) is 2.49. The number of nitrogens with zero attached hydrogens (tertiary/aromatic N) is 2. The summed E-state index contributed by atoms with van der Waals surface area (Å²) < 4.78 is 11.5. The number of ether oxygens (including phenoxy) is 2. The molecule has 0 saturated carbocycles. The van der Waals surface area contributed by atoms with E-state index in [1.54, 1.807) is 4.90 Å². The number of amides is 3. The number of rotatable bonds is 14. The van der Waals surface area contributed by atoms with Crippen LogP contribution in [0.5, 0.6) is 0 Å². The average Bonchev–Trinajstić information content (AvgIpc) is 2.95. The predicted molar refractivity (Wildman–Crippen MR) is 167 cm³/mol. The fraction of sp³-hybridized carbons (Fsp3) is 0.471. The van der Waals surface area contributed by atoms with E-state index >= 15 is 0 Å². The zero-order valence-corrected chi connectivity index (χ0v) is 25.9. The van der Waals surface area contributed by atoms with Crippen molar-refractivity contribution in [3.63, 3.8) is 0 Å². The fourth-order valence-electron chi connectivity index (χ4n) is 5.07. The Labute approximate surface area is 250 Å². The summed E-state index contributed by atoms with van der Waals surface area (Å²) in [7, 11) is 0. The van der Waals surface area contributed by atoms with Crippen LogP contribution in [0.1, 0.15) is 83.4 Å². The average molecular weight is 578 g/mol. The molecule has 0 aliphatic heterocycles. The minimum Gasteiger partial charge on any atom is -0.465 e. The third-order valence-electron chi connectivity index (χ3n) is 7.28. The Kier molecular flexibility index (Phi) is 12.2. The van der Waals surface area contributed by atoms with Crippen LogP contribution < -0.4 is 5.32 Å². The lowest BCUT2D eigenvalue weighted by Gasteiger charge is -2.33. The summed E-state index contributed by atoms with van der Waals surface area (Å²) in [5.74, 6) is 0. The first-order valence-corrected chi connectivity index (χ1v) is 14.9. The van der Waals surface area contributed by atoms with E-state index in [9.17, 15) is 14.7 Å². The highest BCUT2D eigenvalue weighted by atomic mass is 16.7. The number of fused-ring (bicyclic) bond motifs is 1. The highest BCUT2D eigenvalue weighted by Crippen LogP contribution is 2.25. The van der Waals surface area contributed by atoms with E-state index in [-0.39, 0.29) is 12.1 Å². The van der Waals surface area contributed by atoms with Crippen LogP contribution in [-0.4, -0.2) is 58.9 Å². The quantitative estimate of drug-likeness (QED) is 0.151. The van der Waals surface area contributed by atoms with Crippen molar-refractivity contribution in [2.45, 2.75) is 78.8 Å². The molecule has 42 heavy (non-hydrogen) atoms. The zero-order valence-electron chi connectivity index (χ0n) is 25.9. The summed E-state index contributed by atoms with van der Waals surface area (Å²) in [6.07, 6.45) is -0.0335. The first kappa shape index (κ1) is 32.9. The molecule has 8 nitrogen and oxygen atoms in total. The minimum absolute atomic E-state index is 0.160. The van der Waals surface area contributed by atoms with Crippen LogP contribution in [0.3, 0.4) is 0 Å². The van der Waals surface area contributed by atoms with Crippen LogP contribution in [0, 0.1) is 0 Å². The van der Waals surface area contributed by atoms with Gasteiger partial charge >= 0.3 is 12.1 Å². The molecule has 0 fully saturated rings. The van der Waals surface area contributed by atoms with Gasteiger partial charge in [-0.15, -0.1) is 0 Å². The molecular formula is C34H47N3O5. The Bertz CT molecular complexity index is 1280. The Morgan fingerprint density at radius 3 is 2.12 bits per heavy atom. The maximum Gasteiger partial charge on any atom is 0.407 e. The molecule has 0 aromatic heterocycles. The van der Waals surface area contributed by atoms with Crippen molar-refractivity contribution in [2.24, 2.45) is 0 Å². The van der Waals surface area contributed by atoms with E-state index < -0.39 is 17.9 Å². The number of hydrogen-bond donors (Lipinski definition) is 2. The Morgan fingerprint density at radius 2 is 1.50 bits per heavy atom. The van der Waals surface area contributed by atoms with Crippen molar-refractivity contribution in [3.05, 3.63) is 83.4 Å². The number of hydrogen-bond acceptors (Lipinski definition) is 4. The molecular weight excluding hydrogens is 530 g/mol. The van der Waals surface area contributed by atoms with Crippen molar-refractivity contribution < 1.29 is 24.2 Å². The minimum atomic E-state index is -0.932. The molecule has 1 unspecified atom stereocenters. The largest absolute Gasteiger partial charge is 0.465 e. The Hall–Kier alpha value is -3.62. The molecule has 3 aromatic rings. The molecule has 0 saturated heterocycles. The van der Waals surface area contributed by atoms with Gasteiger partial charge in [0.25, 0.3) is 0 Å². The number of nitrogens with one attached hydrogen (secondary N) is 1. The number of benzene rings is 3. The van der Waals surface area contributed by atoms with Gasteiger partial charge in [0.2, 0.25) is 0 Å². The summed E-state index contributed by atoms with van der Waals surface area (Å²) in [6.45, 7) is 14.0. The normalized spacial score (nSPS) is 12.4. The van der Waals surface area contributed by atoms with Gasteiger partial charge in [0, 0.05) is 44.0 Å². The number of carbonyl (C=O) groups excluding carboxylic acids is 1. The van der Waals surface area contributed by atoms with E-state index in [1.807, 2.05) is 84.0 Å². The fourth-order valence-corrected chi connectivity index (χ4v) is 5.07. The summed E-state index contributed by atoms with van der Waals surface area (Å²) in [4.78, 5) is 28.7. The van der Waals surface area contributed by atoms with Crippen molar-refractivity contribution >= 4 is 22.9 Å². The van der Waals surface area contributed by atoms with E-state index in [0.717, 1.165) is 27.5 Å². The molecule has 3 rings (SSSR count). The molecule has 1 atom stereocenters. The Morgan fingerprint density at radius 1 is 0.881 bits per heavy atom. The van der Waals surface area contributed by atoms with Gasteiger partial charge in [0.05, 0.1) is 6.04 Å². The van der Waals surface area contributed by atoms with Gasteiger partial charge in [-0.25, -0.2) is 9.59 Å². The zero-order chi connectivity index (χ0) is 30.7. The topological polar surface area (TPSA) is 91.3 Å². The van der Waals surface area contributed by atoms with Crippen LogP contribution in [0.4, 0.5) is 9.59 Å². The lowest BCUT2D eigenvalue weighted by Crippen LogP contribution is -2.45. The lowest BCUT2D eigenvalue weighted by molar-refractivity contribution is -0.140. The van der Waals surface area contributed by atoms with Crippen molar-refractivity contribution in [1.82, 2.24) is 15.1 Å². The number of urea groups is 1. The smallest absolute Gasteiger partial charge is 0.407 e. The second-order valence-corrected chi connectivity index (χ2v) is 11.5. The molecule has 228 valence electrons. The molecule has 0 bridgehead atoms. The highest BCUT2D eigenvalue weighted by molar-refractivity contribution is 5.86. The summed E-state index contributed by atoms with van der Waals surface area (Å²) in [5, 5.41) is 15.1. The molecule has 3 amide bonds. The summed E-state index contributed by atoms with van der Waals surface area (Å²) in [6, 6.07) is 21.9. The van der Waals surface area contributed by atoms with Crippen LogP contribution in [-0.2, 0) is 16.0 Å². The third kappa shape index (κ3) is 9.19. The van der Waals surface area contributed by atoms with Gasteiger partial charge in [0.15, 0.2) is 6.29 Å². The maximum atomic E-state index is 13.7. The highest BCUT2D eigenvalue weighted by Gasteiger charge is 2.26. The number of unbranched alkanes of at least 4 members (excludes halogenated alkanes) is 1. The number of carboxylic acid groups (broad SMARTS) is 1. The van der Waals surface area contributed by atoms with E-state index in [0.29, 0.717) is 45.7 Å². The molecule has 0 aliphatic rings. The van der Waals surface area contributed by atoms with Crippen LogP contribution in [0.2, 0.25) is 0 Å². The second kappa shape index (κ2) is 15.6. The number of carbonyl (C=O) groups is 2. The first-order chi connectivity index (χ1) is 20.0. The van der Waals surface area contributed by atoms with Gasteiger partial charge in [0.1, 0.15) is 0 Å². The van der Waals surface area contributed by atoms with Crippen LogP contribution >= 0.6 is 0 Å². The molecule has 0 radical (unpaired) electrons. The van der Waals surface area contributed by atoms with Crippen molar-refractivity contribution in [3.8, 4) is 0 Å². The molecule has 3 aromatic carbocycles. The van der Waals surface area contributed by atoms with Gasteiger partial charge in [-0.2, -0.15) is 0 Å². The summed E-state index contributed by atoms with van der Waals surface area (Å²) >= 11 is 0. The molecule has 0 heterocycles. The van der Waals surface area contributed by atoms with Gasteiger partial charge in [-0.3, -0.25) is 0 Å². The lowest BCUT2D eigenvalue weighted by atomic mass is 10.00. The second-order valence-electron chi connectivity index (χ2n) is 11.5. The first-order valence-electron chi connectivity index (χ1n) is 14.9.